The minimum Gasteiger partial charge on any atom is -0.390 e. The largest absolute Gasteiger partial charge is 0.390 e. The molecule has 1 atom stereocenters. The fraction of sp³-hybridized carbons (Fsp3) is 0.750. The quantitative estimate of drug-likeness (QED) is 0.783. The molecular weight excluding hydrogens is 328 g/mol. The lowest BCUT2D eigenvalue weighted by Crippen LogP contribution is -2.32. The van der Waals surface area contributed by atoms with Crippen molar-refractivity contribution >= 4 is 15.8 Å². The third-order valence-electron chi connectivity index (χ3n) is 4.25. The van der Waals surface area contributed by atoms with Crippen LogP contribution in [0.5, 0.6) is 0 Å². The number of aliphatic hydroxyl groups is 1. The lowest BCUT2D eigenvalue weighted by Gasteiger charge is -2.26. The summed E-state index contributed by atoms with van der Waals surface area (Å²) in [5.41, 5.74) is -0.165. The molecule has 0 unspecified atom stereocenters. The van der Waals surface area contributed by atoms with Crippen molar-refractivity contribution in [3.63, 3.8) is 0 Å². The number of anilines is 1. The Morgan fingerprint density at radius 2 is 2.17 bits per heavy atom. The molecule has 8 heteroatoms. The Morgan fingerprint density at radius 1 is 1.46 bits per heavy atom. The minimum atomic E-state index is -3.37. The fourth-order valence-electron chi connectivity index (χ4n) is 2.76. The molecule has 0 saturated carbocycles. The summed E-state index contributed by atoms with van der Waals surface area (Å²) in [5, 5.41) is 13.2. The number of nitrogens with one attached hydrogen (secondary N) is 1. The number of nitrogens with zero attached hydrogens (tertiary/aromatic N) is 3. The first-order chi connectivity index (χ1) is 11.1. The second-order valence-corrected chi connectivity index (χ2v) is 9.20. The predicted octanol–water partition coefficient (Wildman–Crippen LogP) is 0.944. The lowest BCUT2D eigenvalue weighted by molar-refractivity contribution is 0.0733. The van der Waals surface area contributed by atoms with Crippen LogP contribution in [0.1, 0.15) is 44.7 Å². The van der Waals surface area contributed by atoms with Gasteiger partial charge in [0.25, 0.3) is 0 Å². The van der Waals surface area contributed by atoms with Gasteiger partial charge < -0.3 is 15.3 Å². The van der Waals surface area contributed by atoms with Gasteiger partial charge in [0, 0.05) is 32.3 Å². The maximum atomic E-state index is 12.1. The van der Waals surface area contributed by atoms with Crippen molar-refractivity contribution in [2.45, 2.75) is 49.5 Å². The molecular formula is C16H28N4O3S. The number of aromatic nitrogens is 2. The molecule has 1 fully saturated rings. The van der Waals surface area contributed by atoms with E-state index in [2.05, 4.69) is 15.3 Å². The average Bonchev–Trinajstić information content (AvgIpc) is 2.51. The number of sulfone groups is 1. The number of rotatable bonds is 6. The summed E-state index contributed by atoms with van der Waals surface area (Å²) in [6.07, 6.45) is 5.10. The van der Waals surface area contributed by atoms with E-state index >= 15 is 0 Å². The molecule has 1 aliphatic heterocycles. The summed E-state index contributed by atoms with van der Waals surface area (Å²) in [6, 6.07) is 0. The van der Waals surface area contributed by atoms with Crippen LogP contribution in [-0.2, 0) is 9.84 Å². The van der Waals surface area contributed by atoms with Gasteiger partial charge in [0.2, 0.25) is 5.95 Å². The molecule has 0 aliphatic carbocycles. The van der Waals surface area contributed by atoms with Gasteiger partial charge >= 0.3 is 0 Å². The molecule has 1 aromatic rings. The maximum Gasteiger partial charge on any atom is 0.225 e. The molecule has 2 rings (SSSR count). The van der Waals surface area contributed by atoms with Crippen molar-refractivity contribution in [1.29, 1.82) is 0 Å². The van der Waals surface area contributed by atoms with E-state index in [1.54, 1.807) is 13.8 Å². The zero-order valence-electron chi connectivity index (χ0n) is 14.9. The molecule has 0 spiro atoms. The average molecular weight is 356 g/mol. The van der Waals surface area contributed by atoms with Crippen LogP contribution in [0.25, 0.3) is 0 Å². The van der Waals surface area contributed by atoms with E-state index < -0.39 is 15.4 Å². The molecule has 2 heterocycles. The Labute approximate surface area is 144 Å². The third kappa shape index (κ3) is 5.12. The Bertz CT molecular complexity index is 664. The molecule has 0 aromatic carbocycles. The van der Waals surface area contributed by atoms with Gasteiger partial charge in [-0.2, -0.15) is 0 Å². The first-order valence-corrected chi connectivity index (χ1v) is 10.2. The summed E-state index contributed by atoms with van der Waals surface area (Å²) in [4.78, 5) is 10.9. The Balaban J connectivity index is 2.31. The van der Waals surface area contributed by atoms with Gasteiger partial charge in [-0.05, 0) is 39.7 Å². The molecule has 1 aromatic heterocycles. The topological polar surface area (TPSA) is 95.4 Å². The van der Waals surface area contributed by atoms with Crippen LogP contribution in [-0.4, -0.2) is 62.0 Å². The van der Waals surface area contributed by atoms with E-state index in [1.807, 2.05) is 11.9 Å². The van der Waals surface area contributed by atoms with E-state index in [9.17, 15) is 13.5 Å². The van der Waals surface area contributed by atoms with E-state index in [1.165, 1.54) is 12.5 Å². The molecule has 0 amide bonds. The van der Waals surface area contributed by atoms with E-state index in [0.29, 0.717) is 24.6 Å². The molecule has 0 radical (unpaired) electrons. The van der Waals surface area contributed by atoms with Crippen LogP contribution in [0.15, 0.2) is 11.1 Å². The van der Waals surface area contributed by atoms with Crippen molar-refractivity contribution in [3.05, 3.63) is 11.9 Å². The molecule has 24 heavy (non-hydrogen) atoms. The smallest absolute Gasteiger partial charge is 0.225 e. The van der Waals surface area contributed by atoms with Crippen molar-refractivity contribution in [2.24, 2.45) is 0 Å². The normalized spacial score (nSPS) is 19.3. The van der Waals surface area contributed by atoms with E-state index in [4.69, 9.17) is 0 Å². The van der Waals surface area contributed by atoms with Gasteiger partial charge in [-0.3, -0.25) is 0 Å². The highest BCUT2D eigenvalue weighted by molar-refractivity contribution is 7.90. The molecule has 2 N–H and O–H groups in total. The Kier molecular flexibility index (Phi) is 5.83. The van der Waals surface area contributed by atoms with Crippen molar-refractivity contribution in [3.8, 4) is 0 Å². The van der Waals surface area contributed by atoms with Crippen molar-refractivity contribution < 1.29 is 13.5 Å². The van der Waals surface area contributed by atoms with Crippen LogP contribution in [0.3, 0.4) is 0 Å². The van der Waals surface area contributed by atoms with Gasteiger partial charge in [-0.1, -0.05) is 0 Å². The summed E-state index contributed by atoms with van der Waals surface area (Å²) in [6.45, 7) is 5.78. The summed E-state index contributed by atoms with van der Waals surface area (Å²) >= 11 is 0. The first-order valence-electron chi connectivity index (χ1n) is 8.29. The zero-order chi connectivity index (χ0) is 18.0. The van der Waals surface area contributed by atoms with E-state index in [0.717, 1.165) is 25.9 Å². The van der Waals surface area contributed by atoms with Crippen LogP contribution >= 0.6 is 0 Å². The molecule has 136 valence electrons. The monoisotopic (exact) mass is 356 g/mol. The first kappa shape index (κ1) is 19.1. The lowest BCUT2D eigenvalue weighted by atomic mass is 9.96. The second-order valence-electron chi connectivity index (χ2n) is 7.22. The summed E-state index contributed by atoms with van der Waals surface area (Å²) in [7, 11) is -1.52. The van der Waals surface area contributed by atoms with Gasteiger partial charge in [0.1, 0.15) is 4.90 Å². The molecule has 7 nitrogen and oxygen atoms in total. The van der Waals surface area contributed by atoms with Crippen molar-refractivity contribution in [2.75, 3.05) is 37.8 Å². The van der Waals surface area contributed by atoms with Gasteiger partial charge in [-0.25, -0.2) is 18.4 Å². The number of hydrogen-bond acceptors (Lipinski definition) is 7. The van der Waals surface area contributed by atoms with Crippen LogP contribution in [0.4, 0.5) is 5.95 Å². The van der Waals surface area contributed by atoms with Crippen LogP contribution in [0, 0.1) is 0 Å². The Hall–Kier alpha value is -1.25. The predicted molar refractivity (Wildman–Crippen MR) is 94.2 cm³/mol. The highest BCUT2D eigenvalue weighted by atomic mass is 32.2. The summed E-state index contributed by atoms with van der Waals surface area (Å²) < 4.78 is 24.2. The van der Waals surface area contributed by atoms with Crippen molar-refractivity contribution in [1.82, 2.24) is 15.3 Å². The van der Waals surface area contributed by atoms with Gasteiger partial charge in [0.05, 0.1) is 17.5 Å². The zero-order valence-corrected chi connectivity index (χ0v) is 15.7. The third-order valence-corrected chi connectivity index (χ3v) is 5.37. The highest BCUT2D eigenvalue weighted by Crippen LogP contribution is 2.28. The number of hydrogen-bond donors (Lipinski definition) is 2. The molecule has 1 saturated heterocycles. The summed E-state index contributed by atoms with van der Waals surface area (Å²) in [5.74, 6) is 0.570. The maximum absolute atomic E-state index is 12.1. The fourth-order valence-corrected chi connectivity index (χ4v) is 3.60. The van der Waals surface area contributed by atoms with Crippen LogP contribution < -0.4 is 10.2 Å². The van der Waals surface area contributed by atoms with Gasteiger partial charge in [0.15, 0.2) is 9.84 Å². The van der Waals surface area contributed by atoms with Gasteiger partial charge in [-0.15, -0.1) is 0 Å². The standard InChI is InChI=1S/C16H28N4O3S/c1-16(2,21)7-9-20(3)15-18-11-13(24(4,22)23)14(19-15)12-6-5-8-17-10-12/h11-12,17,21H,5-10H2,1-4H3/t12-/m0/s1. The molecule has 1 aliphatic rings. The van der Waals surface area contributed by atoms with Crippen LogP contribution in [0.2, 0.25) is 0 Å². The van der Waals surface area contributed by atoms with E-state index in [-0.39, 0.29) is 10.8 Å². The highest BCUT2D eigenvalue weighted by Gasteiger charge is 2.26. The number of piperidine rings is 1. The Morgan fingerprint density at radius 3 is 2.71 bits per heavy atom. The SMILES string of the molecule is CN(CCC(C)(C)O)c1ncc(S(C)(=O)=O)c([C@H]2CCCNC2)n1. The molecule has 0 bridgehead atoms. The minimum absolute atomic E-state index is 0.0768. The second kappa shape index (κ2) is 7.33.